The number of benzene rings is 1. The van der Waals surface area contributed by atoms with E-state index in [2.05, 4.69) is 57.9 Å². The number of nitrogens with zero attached hydrogens (tertiary/aromatic N) is 2. The Morgan fingerprint density at radius 3 is 2.22 bits per heavy atom. The number of nitrogens with one attached hydrogen (secondary N) is 3. The van der Waals surface area contributed by atoms with Crippen molar-refractivity contribution in [3.05, 3.63) is 35.4 Å². The second-order valence-electron chi connectivity index (χ2n) is 7.58. The summed E-state index contributed by atoms with van der Waals surface area (Å²) >= 11 is 0. The molecule has 0 heterocycles. The van der Waals surface area contributed by atoms with E-state index in [1.54, 1.807) is 0 Å². The van der Waals surface area contributed by atoms with Crippen LogP contribution in [0.5, 0.6) is 0 Å². The predicted octanol–water partition coefficient (Wildman–Crippen LogP) is 2.50. The normalized spacial score (nSPS) is 12.2. The van der Waals surface area contributed by atoms with Crippen LogP contribution in [0, 0.1) is 0 Å². The van der Waals surface area contributed by atoms with Gasteiger partial charge in [-0.25, -0.2) is 4.99 Å². The number of amides is 1. The largest absolute Gasteiger partial charge is 0.357 e. The van der Waals surface area contributed by atoms with Gasteiger partial charge < -0.3 is 16.0 Å². The molecule has 0 radical (unpaired) electrons. The van der Waals surface area contributed by atoms with E-state index in [4.69, 9.17) is 0 Å². The summed E-state index contributed by atoms with van der Waals surface area (Å²) in [6, 6.07) is 8.42. The summed E-state index contributed by atoms with van der Waals surface area (Å²) in [5.74, 6) is 0.606. The van der Waals surface area contributed by atoms with Gasteiger partial charge in [-0.2, -0.15) is 0 Å². The quantitative estimate of drug-likeness (QED) is 0.458. The summed E-state index contributed by atoms with van der Waals surface area (Å²) in [4.78, 5) is 19.1. The SMILES string of the molecule is CCNC(=NCc1ccccc1CN(CC)CC)NCC(=O)NC(C)(C)C. The minimum Gasteiger partial charge on any atom is -0.357 e. The van der Waals surface area contributed by atoms with E-state index in [9.17, 15) is 4.79 Å². The molecule has 6 nitrogen and oxygen atoms in total. The average Bonchev–Trinajstić information content (AvgIpc) is 2.61. The van der Waals surface area contributed by atoms with Gasteiger partial charge in [0.05, 0.1) is 13.1 Å². The standard InChI is InChI=1S/C21H37N5O/c1-7-22-20(24-15-19(27)25-21(4,5)6)23-14-17-12-10-11-13-18(17)16-26(8-2)9-3/h10-13H,7-9,14-16H2,1-6H3,(H,25,27)(H2,22,23,24). The van der Waals surface area contributed by atoms with Crippen molar-refractivity contribution in [2.75, 3.05) is 26.2 Å². The lowest BCUT2D eigenvalue weighted by atomic mass is 10.1. The van der Waals surface area contributed by atoms with E-state index in [0.717, 1.165) is 26.2 Å². The maximum absolute atomic E-state index is 12.0. The van der Waals surface area contributed by atoms with Crippen LogP contribution in [0.15, 0.2) is 29.3 Å². The van der Waals surface area contributed by atoms with Gasteiger partial charge in [0, 0.05) is 18.6 Å². The van der Waals surface area contributed by atoms with Crippen molar-refractivity contribution in [3.63, 3.8) is 0 Å². The second kappa shape index (κ2) is 11.6. The van der Waals surface area contributed by atoms with Gasteiger partial charge in [0.1, 0.15) is 0 Å². The maximum Gasteiger partial charge on any atom is 0.239 e. The number of rotatable bonds is 9. The molecule has 1 aromatic rings. The minimum absolute atomic E-state index is 0.0463. The Morgan fingerprint density at radius 1 is 1.04 bits per heavy atom. The molecule has 27 heavy (non-hydrogen) atoms. The first-order valence-corrected chi connectivity index (χ1v) is 9.91. The van der Waals surface area contributed by atoms with Crippen LogP contribution in [-0.2, 0) is 17.9 Å². The molecule has 0 aliphatic heterocycles. The molecule has 1 amide bonds. The first-order valence-electron chi connectivity index (χ1n) is 9.91. The van der Waals surface area contributed by atoms with Crippen LogP contribution in [0.2, 0.25) is 0 Å². The molecule has 0 fully saturated rings. The van der Waals surface area contributed by atoms with Crippen molar-refractivity contribution < 1.29 is 4.79 Å². The molecule has 0 atom stereocenters. The Morgan fingerprint density at radius 2 is 1.67 bits per heavy atom. The third kappa shape index (κ3) is 9.43. The van der Waals surface area contributed by atoms with Gasteiger partial charge in [-0.15, -0.1) is 0 Å². The summed E-state index contributed by atoms with van der Waals surface area (Å²) < 4.78 is 0. The smallest absolute Gasteiger partial charge is 0.239 e. The third-order valence-corrected chi connectivity index (χ3v) is 4.09. The van der Waals surface area contributed by atoms with Gasteiger partial charge in [0.15, 0.2) is 5.96 Å². The van der Waals surface area contributed by atoms with Crippen LogP contribution in [0.1, 0.15) is 52.7 Å². The Bertz CT molecular complexity index is 603. The molecule has 1 aromatic carbocycles. The van der Waals surface area contributed by atoms with Crippen LogP contribution >= 0.6 is 0 Å². The van der Waals surface area contributed by atoms with E-state index in [1.165, 1.54) is 11.1 Å². The lowest BCUT2D eigenvalue weighted by molar-refractivity contribution is -0.121. The number of hydrogen-bond donors (Lipinski definition) is 3. The van der Waals surface area contributed by atoms with Crippen LogP contribution in [0.4, 0.5) is 0 Å². The Hall–Kier alpha value is -2.08. The van der Waals surface area contributed by atoms with Crippen LogP contribution < -0.4 is 16.0 Å². The molecule has 0 saturated carbocycles. The number of guanidine groups is 1. The number of hydrogen-bond acceptors (Lipinski definition) is 3. The lowest BCUT2D eigenvalue weighted by Gasteiger charge is -2.21. The summed E-state index contributed by atoms with van der Waals surface area (Å²) in [6.07, 6.45) is 0. The van der Waals surface area contributed by atoms with Crippen LogP contribution in [0.25, 0.3) is 0 Å². The zero-order valence-electron chi connectivity index (χ0n) is 17.9. The highest BCUT2D eigenvalue weighted by molar-refractivity contribution is 5.86. The molecule has 0 aliphatic carbocycles. The topological polar surface area (TPSA) is 68.8 Å². The summed E-state index contributed by atoms with van der Waals surface area (Å²) in [7, 11) is 0. The highest BCUT2D eigenvalue weighted by Crippen LogP contribution is 2.13. The summed E-state index contributed by atoms with van der Waals surface area (Å²) in [6.45, 7) is 16.8. The molecular weight excluding hydrogens is 338 g/mol. The number of carbonyl (C=O) groups is 1. The van der Waals surface area contributed by atoms with Crippen molar-refractivity contribution in [1.82, 2.24) is 20.9 Å². The minimum atomic E-state index is -0.238. The van der Waals surface area contributed by atoms with Crippen LogP contribution in [-0.4, -0.2) is 48.5 Å². The Balaban J connectivity index is 2.76. The molecular formula is C21H37N5O. The van der Waals surface area contributed by atoms with Crippen LogP contribution in [0.3, 0.4) is 0 Å². The fourth-order valence-electron chi connectivity index (χ4n) is 2.69. The van der Waals surface area contributed by atoms with Crippen molar-refractivity contribution in [1.29, 1.82) is 0 Å². The lowest BCUT2D eigenvalue weighted by Crippen LogP contribution is -2.48. The van der Waals surface area contributed by atoms with Gasteiger partial charge in [-0.05, 0) is 51.9 Å². The predicted molar refractivity (Wildman–Crippen MR) is 114 cm³/mol. The van der Waals surface area contributed by atoms with Gasteiger partial charge in [-0.1, -0.05) is 38.1 Å². The highest BCUT2D eigenvalue weighted by Gasteiger charge is 2.13. The van der Waals surface area contributed by atoms with E-state index in [-0.39, 0.29) is 18.0 Å². The molecule has 0 bridgehead atoms. The van der Waals surface area contributed by atoms with Gasteiger partial charge >= 0.3 is 0 Å². The molecule has 1 rings (SSSR count). The van der Waals surface area contributed by atoms with E-state index in [1.807, 2.05) is 33.8 Å². The van der Waals surface area contributed by atoms with Gasteiger partial charge in [0.2, 0.25) is 5.91 Å². The van der Waals surface area contributed by atoms with Gasteiger partial charge in [-0.3, -0.25) is 9.69 Å². The zero-order valence-corrected chi connectivity index (χ0v) is 17.9. The van der Waals surface area contributed by atoms with E-state index >= 15 is 0 Å². The van der Waals surface area contributed by atoms with E-state index in [0.29, 0.717) is 12.5 Å². The molecule has 3 N–H and O–H groups in total. The monoisotopic (exact) mass is 375 g/mol. The van der Waals surface area contributed by atoms with E-state index < -0.39 is 0 Å². The molecule has 0 spiro atoms. The molecule has 152 valence electrons. The summed E-state index contributed by atoms with van der Waals surface area (Å²) in [5, 5.41) is 9.26. The molecule has 6 heteroatoms. The fraction of sp³-hybridized carbons (Fsp3) is 0.619. The zero-order chi connectivity index (χ0) is 20.3. The Labute approximate surface area is 164 Å². The van der Waals surface area contributed by atoms with Crippen molar-refractivity contribution >= 4 is 11.9 Å². The molecule has 0 unspecified atom stereocenters. The number of aliphatic imine (C=N–C) groups is 1. The molecule has 0 aliphatic rings. The summed E-state index contributed by atoms with van der Waals surface area (Å²) in [5.41, 5.74) is 2.27. The van der Waals surface area contributed by atoms with Gasteiger partial charge in [0.25, 0.3) is 0 Å². The highest BCUT2D eigenvalue weighted by atomic mass is 16.2. The first kappa shape index (κ1) is 23.0. The average molecular weight is 376 g/mol. The first-order chi connectivity index (χ1) is 12.8. The molecule has 0 saturated heterocycles. The third-order valence-electron chi connectivity index (χ3n) is 4.09. The van der Waals surface area contributed by atoms with Crippen molar-refractivity contribution in [3.8, 4) is 0 Å². The Kier molecular flexibility index (Phi) is 9.86. The molecule has 0 aromatic heterocycles. The number of carbonyl (C=O) groups excluding carboxylic acids is 1. The fourth-order valence-corrected chi connectivity index (χ4v) is 2.69. The second-order valence-corrected chi connectivity index (χ2v) is 7.58. The van der Waals surface area contributed by atoms with Crippen molar-refractivity contribution in [2.45, 2.75) is 60.2 Å². The maximum atomic E-state index is 12.0. The van der Waals surface area contributed by atoms with Crippen molar-refractivity contribution in [2.24, 2.45) is 4.99 Å².